The minimum absolute atomic E-state index is 0.0158. The number of fused-ring (bicyclic) bond motifs is 1. The summed E-state index contributed by atoms with van der Waals surface area (Å²) in [6.07, 6.45) is -0.904. The summed E-state index contributed by atoms with van der Waals surface area (Å²) in [7, 11) is 0. The number of halogens is 1. The molecule has 5 heteroatoms. The highest BCUT2D eigenvalue weighted by Gasteiger charge is 2.13. The molecule has 2 aromatic rings. The van der Waals surface area contributed by atoms with Crippen LogP contribution in [0.3, 0.4) is 0 Å². The monoisotopic (exact) mass is 227 g/mol. The van der Waals surface area contributed by atoms with Crippen LogP contribution in [0.15, 0.2) is 22.6 Å². The van der Waals surface area contributed by atoms with E-state index >= 15 is 0 Å². The van der Waals surface area contributed by atoms with E-state index in [9.17, 15) is 10.2 Å². The van der Waals surface area contributed by atoms with Gasteiger partial charge < -0.3 is 20.4 Å². The Morgan fingerprint density at radius 2 is 2.13 bits per heavy atom. The molecule has 1 unspecified atom stereocenters. The van der Waals surface area contributed by atoms with E-state index < -0.39 is 6.10 Å². The molecule has 0 spiro atoms. The van der Waals surface area contributed by atoms with Crippen molar-refractivity contribution in [2.24, 2.45) is 5.73 Å². The summed E-state index contributed by atoms with van der Waals surface area (Å²) in [5.74, 6) is -0.0158. The van der Waals surface area contributed by atoms with Crippen LogP contribution in [0.5, 0.6) is 5.75 Å². The molecule has 2 rings (SSSR count). The van der Waals surface area contributed by atoms with Gasteiger partial charge in [-0.05, 0) is 23.7 Å². The highest BCUT2D eigenvalue weighted by molar-refractivity contribution is 6.29. The number of benzene rings is 1. The van der Waals surface area contributed by atoms with Crippen molar-refractivity contribution in [3.8, 4) is 5.75 Å². The molecule has 4 N–H and O–H groups in total. The number of nitrogens with two attached hydrogens (primary N) is 1. The molecule has 0 amide bonds. The predicted octanol–water partition coefficient (Wildman–Crippen LogP) is 1.78. The Bertz CT molecular complexity index is 495. The van der Waals surface area contributed by atoms with Gasteiger partial charge in [0.05, 0.1) is 6.10 Å². The van der Waals surface area contributed by atoms with Gasteiger partial charge in [-0.2, -0.15) is 0 Å². The summed E-state index contributed by atoms with van der Waals surface area (Å²) in [5.41, 5.74) is 6.16. The molecule has 0 aliphatic carbocycles. The highest BCUT2D eigenvalue weighted by Crippen LogP contribution is 2.32. The van der Waals surface area contributed by atoms with Gasteiger partial charge in [0.1, 0.15) is 11.3 Å². The second-order valence-electron chi connectivity index (χ2n) is 3.25. The van der Waals surface area contributed by atoms with Gasteiger partial charge in [-0.3, -0.25) is 0 Å². The molecule has 0 bridgehead atoms. The fraction of sp³-hybridized carbons (Fsp3) is 0.200. The van der Waals surface area contributed by atoms with Crippen LogP contribution in [0.2, 0.25) is 5.22 Å². The molecule has 0 aliphatic rings. The smallest absolute Gasteiger partial charge is 0.194 e. The topological polar surface area (TPSA) is 79.6 Å². The fourth-order valence-electron chi connectivity index (χ4n) is 1.45. The third-order valence-corrected chi connectivity index (χ3v) is 2.40. The average molecular weight is 228 g/mol. The standard InChI is InChI=1S/C10H10ClNO3/c11-10-2-5-1-7(13)6(8(14)4-12)3-9(5)15-10/h1-3,8,13-14H,4,12H2. The van der Waals surface area contributed by atoms with Crippen molar-refractivity contribution >= 4 is 22.6 Å². The summed E-state index contributed by atoms with van der Waals surface area (Å²) in [4.78, 5) is 0. The first-order valence-corrected chi connectivity index (χ1v) is 4.79. The summed E-state index contributed by atoms with van der Waals surface area (Å²) < 4.78 is 5.16. The normalized spacial score (nSPS) is 13.3. The maximum absolute atomic E-state index is 9.62. The van der Waals surface area contributed by atoms with Crippen molar-refractivity contribution in [1.29, 1.82) is 0 Å². The van der Waals surface area contributed by atoms with Crippen molar-refractivity contribution < 1.29 is 14.6 Å². The Hall–Kier alpha value is -1.23. The molecule has 80 valence electrons. The third kappa shape index (κ3) is 1.79. The van der Waals surface area contributed by atoms with Crippen LogP contribution in [0.1, 0.15) is 11.7 Å². The second-order valence-corrected chi connectivity index (χ2v) is 3.62. The van der Waals surface area contributed by atoms with Crippen molar-refractivity contribution in [3.05, 3.63) is 29.0 Å². The van der Waals surface area contributed by atoms with E-state index in [4.69, 9.17) is 21.8 Å². The summed E-state index contributed by atoms with van der Waals surface area (Å²) in [5, 5.41) is 20.1. The van der Waals surface area contributed by atoms with E-state index in [0.29, 0.717) is 16.5 Å². The average Bonchev–Trinajstić information content (AvgIpc) is 2.55. The molecular formula is C10H10ClNO3. The Morgan fingerprint density at radius 1 is 1.40 bits per heavy atom. The van der Waals surface area contributed by atoms with E-state index in [2.05, 4.69) is 0 Å². The maximum Gasteiger partial charge on any atom is 0.194 e. The molecule has 1 aromatic heterocycles. The molecule has 1 atom stereocenters. The van der Waals surface area contributed by atoms with Crippen molar-refractivity contribution in [2.75, 3.05) is 6.54 Å². The molecule has 0 radical (unpaired) electrons. The number of phenolic OH excluding ortho intramolecular Hbond substituents is 1. The highest BCUT2D eigenvalue weighted by atomic mass is 35.5. The Labute approximate surface area is 90.9 Å². The molecule has 1 aromatic carbocycles. The molecule has 0 fully saturated rings. The lowest BCUT2D eigenvalue weighted by atomic mass is 10.1. The zero-order valence-electron chi connectivity index (χ0n) is 7.77. The van der Waals surface area contributed by atoms with Crippen LogP contribution in [0, 0.1) is 0 Å². The Kier molecular flexibility index (Phi) is 2.56. The third-order valence-electron chi connectivity index (χ3n) is 2.22. The number of aliphatic hydroxyl groups excluding tert-OH is 1. The number of hydrogen-bond donors (Lipinski definition) is 3. The maximum atomic E-state index is 9.62. The number of hydrogen-bond acceptors (Lipinski definition) is 4. The van der Waals surface area contributed by atoms with Crippen molar-refractivity contribution in [2.45, 2.75) is 6.10 Å². The number of phenols is 1. The lowest BCUT2D eigenvalue weighted by molar-refractivity contribution is 0.183. The molecule has 0 aliphatic heterocycles. The Morgan fingerprint density at radius 3 is 2.80 bits per heavy atom. The number of furan rings is 1. The minimum atomic E-state index is -0.904. The first kappa shape index (κ1) is 10.3. The van der Waals surface area contributed by atoms with Gasteiger partial charge in [-0.15, -0.1) is 0 Å². The van der Waals surface area contributed by atoms with E-state index in [1.807, 2.05) is 0 Å². The number of aromatic hydroxyl groups is 1. The second kappa shape index (κ2) is 3.73. The van der Waals surface area contributed by atoms with Crippen LogP contribution in [0.4, 0.5) is 0 Å². The van der Waals surface area contributed by atoms with Crippen LogP contribution < -0.4 is 5.73 Å². The van der Waals surface area contributed by atoms with Crippen molar-refractivity contribution in [3.63, 3.8) is 0 Å². The summed E-state index contributed by atoms with van der Waals surface area (Å²) >= 11 is 5.67. The molecule has 4 nitrogen and oxygen atoms in total. The van der Waals surface area contributed by atoms with Crippen LogP contribution in [-0.2, 0) is 0 Å². The summed E-state index contributed by atoms with van der Waals surface area (Å²) in [6.45, 7) is 0.0352. The van der Waals surface area contributed by atoms with E-state index in [1.165, 1.54) is 12.1 Å². The number of rotatable bonds is 2. The number of aliphatic hydroxyl groups is 1. The van der Waals surface area contributed by atoms with Gasteiger partial charge in [0.25, 0.3) is 0 Å². The van der Waals surface area contributed by atoms with Crippen LogP contribution in [0.25, 0.3) is 11.0 Å². The first-order valence-electron chi connectivity index (χ1n) is 4.42. The van der Waals surface area contributed by atoms with Gasteiger partial charge in [-0.1, -0.05) is 0 Å². The van der Waals surface area contributed by atoms with Gasteiger partial charge >= 0.3 is 0 Å². The fourth-order valence-corrected chi connectivity index (χ4v) is 1.65. The van der Waals surface area contributed by atoms with Crippen LogP contribution in [-0.4, -0.2) is 16.8 Å². The van der Waals surface area contributed by atoms with Gasteiger partial charge in [0.2, 0.25) is 0 Å². The molecule has 1 heterocycles. The lowest BCUT2D eigenvalue weighted by Crippen LogP contribution is -2.11. The molecular weight excluding hydrogens is 218 g/mol. The predicted molar refractivity (Wildman–Crippen MR) is 56.9 cm³/mol. The molecule has 0 saturated carbocycles. The van der Waals surface area contributed by atoms with E-state index in [-0.39, 0.29) is 17.5 Å². The minimum Gasteiger partial charge on any atom is -0.508 e. The van der Waals surface area contributed by atoms with Crippen molar-refractivity contribution in [1.82, 2.24) is 0 Å². The zero-order chi connectivity index (χ0) is 11.0. The van der Waals surface area contributed by atoms with E-state index in [0.717, 1.165) is 0 Å². The van der Waals surface area contributed by atoms with Gasteiger partial charge in [0.15, 0.2) is 5.22 Å². The molecule has 15 heavy (non-hydrogen) atoms. The largest absolute Gasteiger partial charge is 0.508 e. The van der Waals surface area contributed by atoms with Crippen LogP contribution >= 0.6 is 11.6 Å². The summed E-state index contributed by atoms with van der Waals surface area (Å²) in [6, 6.07) is 4.61. The lowest BCUT2D eigenvalue weighted by Gasteiger charge is -2.09. The quantitative estimate of drug-likeness (QED) is 0.731. The zero-order valence-corrected chi connectivity index (χ0v) is 8.53. The SMILES string of the molecule is NCC(O)c1cc2oc(Cl)cc2cc1O. The van der Waals surface area contributed by atoms with Gasteiger partial charge in [0, 0.05) is 23.6 Å². The molecule has 0 saturated heterocycles. The van der Waals surface area contributed by atoms with E-state index in [1.54, 1.807) is 6.07 Å². The first-order chi connectivity index (χ1) is 7.11. The van der Waals surface area contributed by atoms with Gasteiger partial charge in [-0.25, -0.2) is 0 Å². The Balaban J connectivity index is 2.60.